The van der Waals surface area contributed by atoms with Crippen LogP contribution in [0.4, 0.5) is 4.79 Å². The Balaban J connectivity index is 2.36. The Hall–Kier alpha value is -1.79. The molecule has 0 aromatic heterocycles. The van der Waals surface area contributed by atoms with E-state index in [0.29, 0.717) is 19.7 Å². The van der Waals surface area contributed by atoms with Gasteiger partial charge in [-0.3, -0.25) is 9.59 Å². The maximum absolute atomic E-state index is 12.1. The monoisotopic (exact) mass is 328 g/mol. The zero-order valence-electron chi connectivity index (χ0n) is 14.5. The van der Waals surface area contributed by atoms with Crippen LogP contribution < -0.4 is 5.32 Å². The predicted octanol–water partition coefficient (Wildman–Crippen LogP) is 1.85. The Labute approximate surface area is 137 Å². The standard InChI is InChI=1S/C16H28N2O5/c1-5-22-14(20)9-8-13(19)17-11-12-7-6-10-18(12)15(21)23-16(2,3)4/h12H,5-11H2,1-4H3,(H,17,19)/t12-/m0/s1. The SMILES string of the molecule is CCOC(=O)CCC(=O)NC[C@@H]1CCCN1C(=O)OC(C)(C)C. The molecule has 132 valence electrons. The maximum atomic E-state index is 12.1. The third-order valence-corrected chi connectivity index (χ3v) is 3.40. The second kappa shape index (κ2) is 8.74. The van der Waals surface area contributed by atoms with Crippen molar-refractivity contribution < 1.29 is 23.9 Å². The molecule has 1 atom stereocenters. The van der Waals surface area contributed by atoms with Crippen molar-refractivity contribution in [3.63, 3.8) is 0 Å². The van der Waals surface area contributed by atoms with Crippen molar-refractivity contribution >= 4 is 18.0 Å². The fraction of sp³-hybridized carbons (Fsp3) is 0.812. The Morgan fingerprint density at radius 3 is 2.52 bits per heavy atom. The van der Waals surface area contributed by atoms with Crippen LogP contribution in [0.25, 0.3) is 0 Å². The first-order valence-electron chi connectivity index (χ1n) is 8.15. The van der Waals surface area contributed by atoms with E-state index >= 15 is 0 Å². The number of carbonyl (C=O) groups is 3. The van der Waals surface area contributed by atoms with Crippen LogP contribution in [-0.2, 0) is 19.1 Å². The van der Waals surface area contributed by atoms with Gasteiger partial charge in [-0.1, -0.05) is 0 Å². The molecule has 0 aromatic rings. The van der Waals surface area contributed by atoms with Crippen molar-refractivity contribution in [2.45, 2.75) is 65.0 Å². The number of hydrogen-bond donors (Lipinski definition) is 1. The summed E-state index contributed by atoms with van der Waals surface area (Å²) in [5, 5.41) is 2.77. The Morgan fingerprint density at radius 2 is 1.91 bits per heavy atom. The van der Waals surface area contributed by atoms with Gasteiger partial charge in [0.05, 0.1) is 19.1 Å². The van der Waals surface area contributed by atoms with Gasteiger partial charge in [0, 0.05) is 19.5 Å². The molecular weight excluding hydrogens is 300 g/mol. The van der Waals surface area contributed by atoms with E-state index in [0.717, 1.165) is 12.8 Å². The van der Waals surface area contributed by atoms with E-state index < -0.39 is 5.60 Å². The molecule has 0 aromatic carbocycles. The van der Waals surface area contributed by atoms with Crippen molar-refractivity contribution in [3.8, 4) is 0 Å². The molecule has 0 unspecified atom stereocenters. The molecule has 1 aliphatic heterocycles. The molecule has 0 radical (unpaired) electrons. The number of hydrogen-bond acceptors (Lipinski definition) is 5. The number of ether oxygens (including phenoxy) is 2. The zero-order valence-corrected chi connectivity index (χ0v) is 14.5. The molecule has 0 spiro atoms. The second-order valence-electron chi connectivity index (χ2n) is 6.58. The summed E-state index contributed by atoms with van der Waals surface area (Å²) >= 11 is 0. The average molecular weight is 328 g/mol. The molecule has 0 saturated carbocycles. The molecule has 23 heavy (non-hydrogen) atoms. The lowest BCUT2D eigenvalue weighted by atomic mass is 10.2. The molecule has 1 fully saturated rings. The first kappa shape index (κ1) is 19.3. The number of esters is 1. The summed E-state index contributed by atoms with van der Waals surface area (Å²) in [5.74, 6) is -0.590. The summed E-state index contributed by atoms with van der Waals surface area (Å²) in [7, 11) is 0. The topological polar surface area (TPSA) is 84.9 Å². The first-order chi connectivity index (χ1) is 10.7. The second-order valence-corrected chi connectivity index (χ2v) is 6.58. The Kier molecular flexibility index (Phi) is 7.32. The summed E-state index contributed by atoms with van der Waals surface area (Å²) in [6, 6.07) is -0.0589. The van der Waals surface area contributed by atoms with Crippen LogP contribution in [0.1, 0.15) is 53.4 Å². The lowest BCUT2D eigenvalue weighted by molar-refractivity contribution is -0.144. The lowest BCUT2D eigenvalue weighted by Gasteiger charge is -2.28. The van der Waals surface area contributed by atoms with Crippen molar-refractivity contribution in [2.24, 2.45) is 0 Å². The van der Waals surface area contributed by atoms with E-state index in [1.807, 2.05) is 20.8 Å². The van der Waals surface area contributed by atoms with E-state index in [2.05, 4.69) is 5.32 Å². The van der Waals surface area contributed by atoms with Crippen LogP contribution in [0.5, 0.6) is 0 Å². The first-order valence-corrected chi connectivity index (χ1v) is 8.15. The van der Waals surface area contributed by atoms with Crippen LogP contribution in [0.2, 0.25) is 0 Å². The van der Waals surface area contributed by atoms with Gasteiger partial charge in [-0.15, -0.1) is 0 Å². The van der Waals surface area contributed by atoms with Crippen molar-refractivity contribution in [1.29, 1.82) is 0 Å². The van der Waals surface area contributed by atoms with E-state index in [1.54, 1.807) is 11.8 Å². The van der Waals surface area contributed by atoms with Gasteiger partial charge in [0.25, 0.3) is 0 Å². The van der Waals surface area contributed by atoms with Crippen LogP contribution in [0, 0.1) is 0 Å². The lowest BCUT2D eigenvalue weighted by Crippen LogP contribution is -2.45. The highest BCUT2D eigenvalue weighted by Crippen LogP contribution is 2.20. The highest BCUT2D eigenvalue weighted by Gasteiger charge is 2.32. The number of likely N-dealkylation sites (tertiary alicyclic amines) is 1. The van der Waals surface area contributed by atoms with Gasteiger partial charge < -0.3 is 19.7 Å². The number of nitrogens with one attached hydrogen (secondary N) is 1. The molecule has 1 rings (SSSR count). The third kappa shape index (κ3) is 7.34. The molecule has 0 bridgehead atoms. The number of rotatable bonds is 6. The van der Waals surface area contributed by atoms with Gasteiger partial charge in [0.15, 0.2) is 0 Å². The van der Waals surface area contributed by atoms with E-state index in [4.69, 9.17) is 9.47 Å². The van der Waals surface area contributed by atoms with Crippen molar-refractivity contribution in [2.75, 3.05) is 19.7 Å². The van der Waals surface area contributed by atoms with Gasteiger partial charge in [-0.05, 0) is 40.5 Å². The average Bonchev–Trinajstić information content (AvgIpc) is 2.90. The summed E-state index contributed by atoms with van der Waals surface area (Å²) in [5.41, 5.74) is -0.535. The van der Waals surface area contributed by atoms with Gasteiger partial charge in [-0.2, -0.15) is 0 Å². The number of carbonyl (C=O) groups excluding carboxylic acids is 3. The Morgan fingerprint density at radius 1 is 1.22 bits per heavy atom. The quantitative estimate of drug-likeness (QED) is 0.752. The minimum Gasteiger partial charge on any atom is -0.466 e. The largest absolute Gasteiger partial charge is 0.466 e. The minimum atomic E-state index is -0.535. The summed E-state index contributed by atoms with van der Waals surface area (Å²) in [6.07, 6.45) is 1.54. The molecular formula is C16H28N2O5. The molecule has 1 N–H and O–H groups in total. The van der Waals surface area contributed by atoms with Gasteiger partial charge in [0.2, 0.25) is 5.91 Å². The van der Waals surface area contributed by atoms with Crippen molar-refractivity contribution in [3.05, 3.63) is 0 Å². The number of amides is 2. The fourth-order valence-electron chi connectivity index (χ4n) is 2.38. The normalized spacial score (nSPS) is 17.7. The van der Waals surface area contributed by atoms with E-state index in [9.17, 15) is 14.4 Å². The van der Waals surface area contributed by atoms with Crippen LogP contribution in [0.15, 0.2) is 0 Å². The summed E-state index contributed by atoms with van der Waals surface area (Å²) in [6.45, 7) is 8.53. The van der Waals surface area contributed by atoms with Gasteiger partial charge >= 0.3 is 12.1 Å². The van der Waals surface area contributed by atoms with E-state index in [-0.39, 0.29) is 36.9 Å². The Bertz CT molecular complexity index is 431. The molecule has 7 heteroatoms. The third-order valence-electron chi connectivity index (χ3n) is 3.40. The van der Waals surface area contributed by atoms with Crippen LogP contribution in [0.3, 0.4) is 0 Å². The zero-order chi connectivity index (χ0) is 17.5. The highest BCUT2D eigenvalue weighted by atomic mass is 16.6. The molecule has 7 nitrogen and oxygen atoms in total. The van der Waals surface area contributed by atoms with Gasteiger partial charge in [0.1, 0.15) is 5.60 Å². The maximum Gasteiger partial charge on any atom is 0.410 e. The molecule has 1 saturated heterocycles. The molecule has 2 amide bonds. The smallest absolute Gasteiger partial charge is 0.410 e. The van der Waals surface area contributed by atoms with E-state index in [1.165, 1.54) is 0 Å². The van der Waals surface area contributed by atoms with Crippen LogP contribution >= 0.6 is 0 Å². The predicted molar refractivity (Wildman–Crippen MR) is 84.8 cm³/mol. The number of nitrogens with zero attached hydrogens (tertiary/aromatic N) is 1. The van der Waals surface area contributed by atoms with Crippen molar-refractivity contribution in [1.82, 2.24) is 10.2 Å². The molecule has 1 aliphatic rings. The fourth-order valence-corrected chi connectivity index (χ4v) is 2.38. The molecule has 0 aliphatic carbocycles. The van der Waals surface area contributed by atoms with Gasteiger partial charge in [-0.25, -0.2) is 4.79 Å². The summed E-state index contributed by atoms with van der Waals surface area (Å²) in [4.78, 5) is 36.8. The molecule has 1 heterocycles. The highest BCUT2D eigenvalue weighted by molar-refractivity contribution is 5.81. The minimum absolute atomic E-state index is 0.0589. The summed E-state index contributed by atoms with van der Waals surface area (Å²) < 4.78 is 10.2. The van der Waals surface area contributed by atoms with Crippen LogP contribution in [-0.4, -0.2) is 54.2 Å².